The molecule has 0 saturated heterocycles. The summed E-state index contributed by atoms with van der Waals surface area (Å²) < 4.78 is 0. The lowest BCUT2D eigenvalue weighted by Gasteiger charge is -2.45. The van der Waals surface area contributed by atoms with Crippen LogP contribution in [0.3, 0.4) is 0 Å². The minimum atomic E-state index is 0.116. The molecule has 0 amide bonds. The first-order chi connectivity index (χ1) is 29.2. The van der Waals surface area contributed by atoms with Crippen LogP contribution in [0.5, 0.6) is 0 Å². The molecule has 8 aliphatic rings. The van der Waals surface area contributed by atoms with Gasteiger partial charge in [-0.15, -0.1) is 0 Å². The van der Waals surface area contributed by atoms with Gasteiger partial charge in [-0.05, 0) is 160 Å². The Hall–Kier alpha value is -5.80. The zero-order valence-electron chi connectivity index (χ0n) is 33.4. The van der Waals surface area contributed by atoms with Crippen molar-refractivity contribution in [3.8, 4) is 22.3 Å². The van der Waals surface area contributed by atoms with Crippen molar-refractivity contribution < 1.29 is 0 Å². The first-order valence-corrected chi connectivity index (χ1v) is 22.6. The highest BCUT2D eigenvalue weighted by molar-refractivity contribution is 7.00. The number of fused-ring (bicyclic) bond motifs is 21. The van der Waals surface area contributed by atoms with Crippen LogP contribution in [-0.2, 0) is 10.8 Å². The highest BCUT2D eigenvalue weighted by atomic mass is 15.2. The molecular formula is C56H45BN2. The Kier molecular flexibility index (Phi) is 6.02. The third-order valence-electron chi connectivity index (χ3n) is 17.4. The molecule has 0 aromatic heterocycles. The summed E-state index contributed by atoms with van der Waals surface area (Å²) in [4.78, 5) is 5.27. The van der Waals surface area contributed by atoms with Gasteiger partial charge < -0.3 is 9.80 Å². The second-order valence-electron chi connectivity index (χ2n) is 19.6. The summed E-state index contributed by atoms with van der Waals surface area (Å²) in [6.07, 6.45) is 10.9. The molecular weight excluding hydrogens is 711 g/mol. The van der Waals surface area contributed by atoms with Gasteiger partial charge in [0.1, 0.15) is 0 Å². The Morgan fingerprint density at radius 2 is 1.05 bits per heavy atom. The summed E-state index contributed by atoms with van der Waals surface area (Å²) in [6.45, 7) is 0.116. The van der Waals surface area contributed by atoms with Crippen LogP contribution in [0.15, 0.2) is 152 Å². The van der Waals surface area contributed by atoms with E-state index in [1.54, 1.807) is 22.3 Å². The maximum atomic E-state index is 2.66. The van der Waals surface area contributed by atoms with E-state index in [1.165, 1.54) is 124 Å². The second-order valence-corrected chi connectivity index (χ2v) is 19.6. The lowest BCUT2D eigenvalue weighted by molar-refractivity contribution is 0.327. The first kappa shape index (κ1) is 32.1. The Bertz CT molecular complexity index is 2990. The maximum absolute atomic E-state index is 2.66. The van der Waals surface area contributed by atoms with E-state index in [9.17, 15) is 0 Å². The van der Waals surface area contributed by atoms with Gasteiger partial charge >= 0.3 is 0 Å². The molecule has 282 valence electrons. The maximum Gasteiger partial charge on any atom is 0.252 e. The van der Waals surface area contributed by atoms with E-state index in [0.29, 0.717) is 0 Å². The molecule has 3 unspecified atom stereocenters. The summed E-state index contributed by atoms with van der Waals surface area (Å²) in [7, 11) is 0. The van der Waals surface area contributed by atoms with E-state index in [0.717, 1.165) is 23.7 Å². The second kappa shape index (κ2) is 11.1. The van der Waals surface area contributed by atoms with Gasteiger partial charge in [0.15, 0.2) is 0 Å². The lowest BCUT2D eigenvalue weighted by atomic mass is 9.33. The van der Waals surface area contributed by atoms with Crippen molar-refractivity contribution in [2.75, 3.05) is 9.80 Å². The molecule has 15 rings (SSSR count). The normalized spacial score (nSPS) is 27.5. The molecule has 2 aliphatic heterocycles. The minimum absolute atomic E-state index is 0.116. The van der Waals surface area contributed by atoms with Crippen molar-refractivity contribution >= 4 is 57.2 Å². The quantitative estimate of drug-likeness (QED) is 0.162. The predicted molar refractivity (Wildman–Crippen MR) is 244 cm³/mol. The fourth-order valence-electron chi connectivity index (χ4n) is 15.5. The van der Waals surface area contributed by atoms with E-state index in [-0.39, 0.29) is 17.5 Å². The number of anilines is 6. The van der Waals surface area contributed by atoms with E-state index in [2.05, 4.69) is 161 Å². The number of benzene rings is 7. The van der Waals surface area contributed by atoms with Crippen LogP contribution in [0, 0.1) is 23.7 Å². The molecule has 6 aliphatic carbocycles. The summed E-state index contributed by atoms with van der Waals surface area (Å²) in [5.74, 6) is 3.19. The van der Waals surface area contributed by atoms with E-state index in [4.69, 9.17) is 0 Å². The number of para-hydroxylation sites is 2. The molecule has 59 heavy (non-hydrogen) atoms. The fourth-order valence-corrected chi connectivity index (χ4v) is 15.5. The summed E-state index contributed by atoms with van der Waals surface area (Å²) in [5.41, 5.74) is 24.5. The van der Waals surface area contributed by atoms with Crippen molar-refractivity contribution in [3.05, 3.63) is 174 Å². The lowest BCUT2D eigenvalue weighted by Crippen LogP contribution is -2.61. The predicted octanol–water partition coefficient (Wildman–Crippen LogP) is 11.9. The Morgan fingerprint density at radius 1 is 0.441 bits per heavy atom. The molecule has 0 N–H and O–H groups in total. The van der Waals surface area contributed by atoms with E-state index >= 15 is 0 Å². The topological polar surface area (TPSA) is 6.48 Å². The average molecular weight is 757 g/mol. The molecule has 4 fully saturated rings. The fraction of sp³-hybridized carbons (Fsp3) is 0.250. The number of hydrogen-bond donors (Lipinski definition) is 0. The number of hydrogen-bond acceptors (Lipinski definition) is 2. The Labute approximate surface area is 347 Å². The number of rotatable bonds is 2. The molecule has 7 aromatic carbocycles. The van der Waals surface area contributed by atoms with Crippen LogP contribution in [0.25, 0.3) is 22.3 Å². The van der Waals surface area contributed by atoms with Gasteiger partial charge in [0.05, 0.1) is 0 Å². The largest absolute Gasteiger partial charge is 0.311 e. The number of nitrogens with zero attached hydrogens (tertiary/aromatic N) is 2. The van der Waals surface area contributed by atoms with Crippen LogP contribution in [0.2, 0.25) is 0 Å². The molecule has 6 atom stereocenters. The molecule has 3 heteroatoms. The van der Waals surface area contributed by atoms with Gasteiger partial charge in [0, 0.05) is 50.5 Å². The zero-order valence-corrected chi connectivity index (χ0v) is 33.4. The monoisotopic (exact) mass is 756 g/mol. The minimum Gasteiger partial charge on any atom is -0.311 e. The van der Waals surface area contributed by atoms with Crippen LogP contribution >= 0.6 is 0 Å². The summed E-state index contributed by atoms with van der Waals surface area (Å²) in [5, 5.41) is 0. The van der Waals surface area contributed by atoms with Crippen LogP contribution < -0.4 is 26.2 Å². The van der Waals surface area contributed by atoms with Gasteiger partial charge in [0.25, 0.3) is 6.71 Å². The highest BCUT2D eigenvalue weighted by Gasteiger charge is 2.59. The van der Waals surface area contributed by atoms with Crippen molar-refractivity contribution in [1.29, 1.82) is 0 Å². The molecule has 4 bridgehead atoms. The third-order valence-corrected chi connectivity index (χ3v) is 17.4. The van der Waals surface area contributed by atoms with Gasteiger partial charge in [0.2, 0.25) is 0 Å². The van der Waals surface area contributed by atoms with Crippen molar-refractivity contribution in [2.45, 2.75) is 62.2 Å². The van der Waals surface area contributed by atoms with Crippen LogP contribution in [-0.4, -0.2) is 6.71 Å². The van der Waals surface area contributed by atoms with Crippen molar-refractivity contribution in [2.24, 2.45) is 23.7 Å². The van der Waals surface area contributed by atoms with Crippen molar-refractivity contribution in [1.82, 2.24) is 0 Å². The third kappa shape index (κ3) is 3.75. The zero-order chi connectivity index (χ0) is 38.2. The first-order valence-electron chi connectivity index (χ1n) is 22.6. The van der Waals surface area contributed by atoms with Crippen LogP contribution in [0.1, 0.15) is 73.6 Å². The molecule has 4 saturated carbocycles. The molecule has 2 nitrogen and oxygen atoms in total. The van der Waals surface area contributed by atoms with E-state index < -0.39 is 0 Å². The highest BCUT2D eigenvalue weighted by Crippen LogP contribution is 2.68. The van der Waals surface area contributed by atoms with Crippen molar-refractivity contribution in [3.63, 3.8) is 0 Å². The summed E-state index contributed by atoms with van der Waals surface area (Å²) >= 11 is 0. The van der Waals surface area contributed by atoms with Gasteiger partial charge in [-0.25, -0.2) is 0 Å². The average Bonchev–Trinajstić information content (AvgIpc) is 4.17. The SMILES string of the molecule is c1ccc(N2c3cccc4c3B(c3ccccc3N4c3ccc4c(c3)-c3ccccc3[C@@]43C[C@H]4CCC3C4)c3ccc4c(c32)-c2ccccc2[C@]42CC3CCC2C3)cc1. The Morgan fingerprint density at radius 3 is 1.80 bits per heavy atom. The molecule has 2 heterocycles. The molecule has 2 spiro atoms. The molecule has 0 radical (unpaired) electrons. The summed E-state index contributed by atoms with van der Waals surface area (Å²) in [6, 6.07) is 59.5. The van der Waals surface area contributed by atoms with Gasteiger partial charge in [-0.3, -0.25) is 0 Å². The molecule has 7 aromatic rings. The van der Waals surface area contributed by atoms with Crippen LogP contribution in [0.4, 0.5) is 34.1 Å². The smallest absolute Gasteiger partial charge is 0.252 e. The van der Waals surface area contributed by atoms with E-state index in [1.807, 2.05) is 0 Å². The van der Waals surface area contributed by atoms with Gasteiger partial charge in [-0.2, -0.15) is 0 Å². The van der Waals surface area contributed by atoms with Gasteiger partial charge in [-0.1, -0.05) is 122 Å². The standard InChI is InChI=1S/C56H45BN2/c1-2-11-38(12-3-1)59-51-20-10-19-50-53(51)57(48-28-27-46-52(54(48)59)41-14-5-7-16-44(41)56(46)33-35-22-24-37(56)30-35)47-17-8-9-18-49(47)58(50)39-25-26-45-42(31-39)40-13-4-6-15-43(40)55(45)32-34-21-23-36(55)29-34/h1-20,25-28,31,34-37H,21-24,29-30,32-33H2/t34-,35?,36?,37?,55-,56+/m0/s1. The Balaban J connectivity index is 0.980.